The van der Waals surface area contributed by atoms with Gasteiger partial charge in [0.1, 0.15) is 5.75 Å². The van der Waals surface area contributed by atoms with Gasteiger partial charge in [-0.25, -0.2) is 0 Å². The van der Waals surface area contributed by atoms with Crippen molar-refractivity contribution in [3.05, 3.63) is 23.2 Å². The van der Waals surface area contributed by atoms with Gasteiger partial charge in [-0.1, -0.05) is 32.4 Å². The van der Waals surface area contributed by atoms with Crippen LogP contribution < -0.4 is 15.8 Å². The number of carbonyl (C=O) groups is 1. The number of nitrogens with one attached hydrogen (secondary N) is 1. The molecule has 1 aromatic rings. The molecule has 0 aliphatic carbocycles. The van der Waals surface area contributed by atoms with E-state index in [1.807, 2.05) is 27.7 Å². The standard InChI is InChI=1S/C14H21ClN2O2/c1-5-19-11-7-6-9(15)8-10(11)17-13(18)12(16)14(2,3)4/h6-8,12H,5,16H2,1-4H3,(H,17,18)/t12-/m1/s1. The Balaban J connectivity index is 2.92. The molecular weight excluding hydrogens is 264 g/mol. The Morgan fingerprint density at radius 1 is 1.47 bits per heavy atom. The molecule has 0 radical (unpaired) electrons. The third kappa shape index (κ3) is 4.40. The molecule has 0 bridgehead atoms. The van der Waals surface area contributed by atoms with Crippen LogP contribution in [0.25, 0.3) is 0 Å². The van der Waals surface area contributed by atoms with Crippen molar-refractivity contribution >= 4 is 23.2 Å². The number of nitrogens with two attached hydrogens (primary N) is 1. The quantitative estimate of drug-likeness (QED) is 0.893. The van der Waals surface area contributed by atoms with E-state index in [9.17, 15) is 4.79 Å². The van der Waals surface area contributed by atoms with Crippen molar-refractivity contribution < 1.29 is 9.53 Å². The fourth-order valence-corrected chi connectivity index (χ4v) is 1.66. The number of ether oxygens (including phenoxy) is 1. The lowest BCUT2D eigenvalue weighted by Crippen LogP contribution is -2.45. The van der Waals surface area contributed by atoms with Gasteiger partial charge in [0.05, 0.1) is 18.3 Å². The number of hydrogen-bond donors (Lipinski definition) is 2. The van der Waals surface area contributed by atoms with Crippen LogP contribution in [0.5, 0.6) is 5.75 Å². The Morgan fingerprint density at radius 2 is 2.11 bits per heavy atom. The summed E-state index contributed by atoms with van der Waals surface area (Å²) in [6.07, 6.45) is 0. The van der Waals surface area contributed by atoms with Crippen molar-refractivity contribution in [3.63, 3.8) is 0 Å². The van der Waals surface area contributed by atoms with Gasteiger partial charge in [-0.2, -0.15) is 0 Å². The summed E-state index contributed by atoms with van der Waals surface area (Å²) in [5, 5.41) is 3.30. The van der Waals surface area contributed by atoms with Crippen molar-refractivity contribution in [1.82, 2.24) is 0 Å². The molecule has 0 heterocycles. The Bertz CT molecular complexity index is 455. The zero-order valence-corrected chi connectivity index (χ0v) is 12.5. The second-order valence-electron chi connectivity index (χ2n) is 5.41. The third-order valence-electron chi connectivity index (χ3n) is 2.71. The molecule has 0 aliphatic rings. The fraction of sp³-hybridized carbons (Fsp3) is 0.500. The van der Waals surface area contributed by atoms with Crippen molar-refractivity contribution in [2.45, 2.75) is 33.7 Å². The first-order valence-corrected chi connectivity index (χ1v) is 6.62. The number of anilines is 1. The summed E-state index contributed by atoms with van der Waals surface area (Å²) in [7, 11) is 0. The van der Waals surface area contributed by atoms with Crippen LogP contribution in [-0.2, 0) is 4.79 Å². The van der Waals surface area contributed by atoms with Gasteiger partial charge in [0.2, 0.25) is 5.91 Å². The molecule has 0 aliphatic heterocycles. The first-order chi connectivity index (χ1) is 8.75. The number of carbonyl (C=O) groups excluding carboxylic acids is 1. The normalized spacial score (nSPS) is 12.9. The van der Waals surface area contributed by atoms with Crippen LogP contribution in [-0.4, -0.2) is 18.6 Å². The molecular formula is C14H21ClN2O2. The summed E-state index contributed by atoms with van der Waals surface area (Å²) in [5.41, 5.74) is 6.15. The Labute approximate surface area is 119 Å². The number of halogens is 1. The highest BCUT2D eigenvalue weighted by molar-refractivity contribution is 6.31. The Morgan fingerprint density at radius 3 is 2.63 bits per heavy atom. The topological polar surface area (TPSA) is 64.3 Å². The van der Waals surface area contributed by atoms with Crippen LogP contribution in [0.2, 0.25) is 5.02 Å². The number of hydrogen-bond acceptors (Lipinski definition) is 3. The lowest BCUT2D eigenvalue weighted by molar-refractivity contribution is -0.119. The van der Waals surface area contributed by atoms with Crippen LogP contribution in [0.4, 0.5) is 5.69 Å². The second kappa shape index (κ2) is 6.26. The molecule has 0 fully saturated rings. The summed E-state index contributed by atoms with van der Waals surface area (Å²) in [6.45, 7) is 8.13. The van der Waals surface area contributed by atoms with Crippen LogP contribution in [0, 0.1) is 5.41 Å². The predicted molar refractivity (Wildman–Crippen MR) is 78.7 cm³/mol. The molecule has 1 atom stereocenters. The third-order valence-corrected chi connectivity index (χ3v) is 2.95. The summed E-state index contributed by atoms with van der Waals surface area (Å²) in [6, 6.07) is 4.48. The molecule has 3 N–H and O–H groups in total. The summed E-state index contributed by atoms with van der Waals surface area (Å²) < 4.78 is 5.44. The molecule has 0 spiro atoms. The monoisotopic (exact) mass is 284 g/mol. The molecule has 1 rings (SSSR count). The SMILES string of the molecule is CCOc1ccc(Cl)cc1NC(=O)[C@@H](N)C(C)(C)C. The number of amides is 1. The van der Waals surface area contributed by atoms with Crippen molar-refractivity contribution in [2.75, 3.05) is 11.9 Å². The molecule has 106 valence electrons. The first-order valence-electron chi connectivity index (χ1n) is 6.24. The molecule has 1 aromatic carbocycles. The van der Waals surface area contributed by atoms with Crippen molar-refractivity contribution in [3.8, 4) is 5.75 Å². The van der Waals surface area contributed by atoms with Crippen LogP contribution in [0.1, 0.15) is 27.7 Å². The van der Waals surface area contributed by atoms with Gasteiger partial charge >= 0.3 is 0 Å². The van der Waals surface area contributed by atoms with Crippen LogP contribution in [0.3, 0.4) is 0 Å². The summed E-state index contributed by atoms with van der Waals surface area (Å²) in [5.74, 6) is 0.331. The first kappa shape index (κ1) is 15.8. The molecule has 0 saturated carbocycles. The van der Waals surface area contributed by atoms with Gasteiger partial charge in [-0.15, -0.1) is 0 Å². The zero-order chi connectivity index (χ0) is 14.6. The second-order valence-corrected chi connectivity index (χ2v) is 5.84. The number of benzene rings is 1. The molecule has 0 unspecified atom stereocenters. The molecule has 0 aromatic heterocycles. The highest BCUT2D eigenvalue weighted by atomic mass is 35.5. The summed E-state index contributed by atoms with van der Waals surface area (Å²) >= 11 is 5.93. The highest BCUT2D eigenvalue weighted by Gasteiger charge is 2.28. The molecule has 1 amide bonds. The Hall–Kier alpha value is -1.26. The van der Waals surface area contributed by atoms with Gasteiger partial charge in [0.25, 0.3) is 0 Å². The largest absolute Gasteiger partial charge is 0.492 e. The van der Waals surface area contributed by atoms with Gasteiger partial charge in [-0.05, 0) is 30.5 Å². The minimum absolute atomic E-state index is 0.254. The maximum Gasteiger partial charge on any atom is 0.241 e. The van der Waals surface area contributed by atoms with Gasteiger partial charge in [-0.3, -0.25) is 4.79 Å². The van der Waals surface area contributed by atoms with E-state index < -0.39 is 6.04 Å². The van der Waals surface area contributed by atoms with Crippen LogP contribution in [0.15, 0.2) is 18.2 Å². The summed E-state index contributed by atoms with van der Waals surface area (Å²) in [4.78, 5) is 12.1. The van der Waals surface area contributed by atoms with Crippen molar-refractivity contribution in [1.29, 1.82) is 0 Å². The lowest BCUT2D eigenvalue weighted by atomic mass is 9.87. The average molecular weight is 285 g/mol. The van der Waals surface area contributed by atoms with E-state index >= 15 is 0 Å². The minimum Gasteiger partial charge on any atom is -0.492 e. The molecule has 5 heteroatoms. The van der Waals surface area contributed by atoms with Gasteiger partial charge in [0.15, 0.2) is 0 Å². The van der Waals surface area contributed by atoms with E-state index in [1.165, 1.54) is 0 Å². The van der Waals surface area contributed by atoms with E-state index in [2.05, 4.69) is 5.32 Å². The van der Waals surface area contributed by atoms with Gasteiger partial charge < -0.3 is 15.8 Å². The maximum absolute atomic E-state index is 12.1. The smallest absolute Gasteiger partial charge is 0.241 e. The van der Waals surface area contributed by atoms with Crippen molar-refractivity contribution in [2.24, 2.45) is 11.1 Å². The highest BCUT2D eigenvalue weighted by Crippen LogP contribution is 2.29. The molecule has 19 heavy (non-hydrogen) atoms. The average Bonchev–Trinajstić information content (AvgIpc) is 2.30. The van der Waals surface area contributed by atoms with E-state index in [-0.39, 0.29) is 11.3 Å². The van der Waals surface area contributed by atoms with Crippen LogP contribution >= 0.6 is 11.6 Å². The zero-order valence-electron chi connectivity index (χ0n) is 11.8. The maximum atomic E-state index is 12.1. The predicted octanol–water partition coefficient (Wildman–Crippen LogP) is 3.05. The molecule has 0 saturated heterocycles. The van der Waals surface area contributed by atoms with E-state index in [0.29, 0.717) is 23.1 Å². The van der Waals surface area contributed by atoms with E-state index in [1.54, 1.807) is 18.2 Å². The van der Waals surface area contributed by atoms with E-state index in [0.717, 1.165) is 0 Å². The minimum atomic E-state index is -0.610. The fourth-order valence-electron chi connectivity index (χ4n) is 1.49. The van der Waals surface area contributed by atoms with E-state index in [4.69, 9.17) is 22.1 Å². The van der Waals surface area contributed by atoms with Gasteiger partial charge in [0, 0.05) is 5.02 Å². The Kier molecular flexibility index (Phi) is 5.20. The molecule has 4 nitrogen and oxygen atoms in total. The number of rotatable bonds is 4. The lowest BCUT2D eigenvalue weighted by Gasteiger charge is -2.26.